The van der Waals surface area contributed by atoms with E-state index in [0.717, 1.165) is 0 Å². The van der Waals surface area contributed by atoms with E-state index in [-0.39, 0.29) is 5.76 Å². The first-order valence-electron chi connectivity index (χ1n) is 8.51. The molecule has 0 bridgehead atoms. The molecule has 10 heteroatoms. The van der Waals surface area contributed by atoms with Crippen molar-refractivity contribution in [3.63, 3.8) is 0 Å². The van der Waals surface area contributed by atoms with Gasteiger partial charge in [-0.15, -0.1) is 0 Å². The summed E-state index contributed by atoms with van der Waals surface area (Å²) in [6, 6.07) is 10.6. The Morgan fingerprint density at radius 3 is 2.62 bits per heavy atom. The number of benzene rings is 1. The number of esters is 1. The predicted octanol–water partition coefficient (Wildman–Crippen LogP) is 2.04. The zero-order valence-electron chi connectivity index (χ0n) is 15.5. The van der Waals surface area contributed by atoms with E-state index in [2.05, 4.69) is 15.7 Å². The quantitative estimate of drug-likeness (QED) is 0.584. The summed E-state index contributed by atoms with van der Waals surface area (Å²) in [4.78, 5) is 35.6. The van der Waals surface area contributed by atoms with E-state index in [1.165, 1.54) is 13.2 Å². The number of carbonyl (C=O) groups excluding carboxylic acids is 3. The first-order valence-corrected chi connectivity index (χ1v) is 8.51. The van der Waals surface area contributed by atoms with Gasteiger partial charge in [0.1, 0.15) is 11.5 Å². The van der Waals surface area contributed by atoms with Gasteiger partial charge in [-0.3, -0.25) is 14.8 Å². The minimum absolute atomic E-state index is 0.0531. The van der Waals surface area contributed by atoms with Crippen molar-refractivity contribution in [2.75, 3.05) is 19.0 Å². The van der Waals surface area contributed by atoms with Gasteiger partial charge in [0.15, 0.2) is 6.61 Å². The van der Waals surface area contributed by atoms with Crippen LogP contribution in [0.2, 0.25) is 0 Å². The minimum Gasteiger partial charge on any atom is -0.497 e. The van der Waals surface area contributed by atoms with Gasteiger partial charge in [-0.05, 0) is 42.5 Å². The number of ether oxygens (including phenoxy) is 2. The molecule has 0 unspecified atom stereocenters. The van der Waals surface area contributed by atoms with Gasteiger partial charge in [-0.1, -0.05) is 0 Å². The van der Waals surface area contributed by atoms with Gasteiger partial charge in [0.05, 0.1) is 13.7 Å². The van der Waals surface area contributed by atoms with Crippen LogP contribution in [0, 0.1) is 0 Å². The molecule has 3 rings (SSSR count). The molecule has 0 aliphatic rings. The number of furan rings is 1. The lowest BCUT2D eigenvalue weighted by Gasteiger charge is -2.07. The number of amides is 3. The number of carbonyl (C=O) groups is 3. The van der Waals surface area contributed by atoms with Crippen molar-refractivity contribution in [3.05, 3.63) is 66.4 Å². The molecule has 0 aliphatic carbocycles. The lowest BCUT2D eigenvalue weighted by atomic mass is 10.3. The molecule has 3 amide bonds. The van der Waals surface area contributed by atoms with Gasteiger partial charge in [-0.2, -0.15) is 5.10 Å². The van der Waals surface area contributed by atoms with Gasteiger partial charge in [0.2, 0.25) is 5.76 Å². The van der Waals surface area contributed by atoms with Crippen LogP contribution in [0.3, 0.4) is 0 Å². The number of methoxy groups -OCH3 is 1. The van der Waals surface area contributed by atoms with Crippen LogP contribution in [0.15, 0.2) is 59.3 Å². The Morgan fingerprint density at radius 1 is 1.14 bits per heavy atom. The van der Waals surface area contributed by atoms with Crippen LogP contribution in [0.5, 0.6) is 5.75 Å². The van der Waals surface area contributed by atoms with E-state index in [4.69, 9.17) is 13.9 Å². The van der Waals surface area contributed by atoms with Crippen LogP contribution < -0.4 is 15.4 Å². The van der Waals surface area contributed by atoms with Crippen molar-refractivity contribution in [3.8, 4) is 5.75 Å². The lowest BCUT2D eigenvalue weighted by Crippen LogP contribution is -2.37. The summed E-state index contributed by atoms with van der Waals surface area (Å²) in [7, 11) is 1.53. The second-order valence-corrected chi connectivity index (χ2v) is 5.78. The number of rotatable bonds is 7. The number of hydrogen-bond donors (Lipinski definition) is 2. The number of aromatic nitrogens is 2. The lowest BCUT2D eigenvalue weighted by molar-refractivity contribution is -0.123. The van der Waals surface area contributed by atoms with Crippen LogP contribution >= 0.6 is 0 Å². The monoisotopic (exact) mass is 398 g/mol. The highest BCUT2D eigenvalue weighted by Gasteiger charge is 2.16. The van der Waals surface area contributed by atoms with E-state index >= 15 is 0 Å². The normalized spacial score (nSPS) is 10.2. The van der Waals surface area contributed by atoms with E-state index in [1.54, 1.807) is 53.5 Å². The van der Waals surface area contributed by atoms with Gasteiger partial charge in [-0.25, -0.2) is 9.59 Å². The summed E-state index contributed by atoms with van der Waals surface area (Å²) in [6.07, 6.45) is 3.38. The van der Waals surface area contributed by atoms with Crippen LogP contribution in [-0.4, -0.2) is 41.4 Å². The molecule has 3 aromatic rings. The van der Waals surface area contributed by atoms with E-state index < -0.39 is 24.5 Å². The maximum Gasteiger partial charge on any atom is 0.374 e. The summed E-state index contributed by atoms with van der Waals surface area (Å²) in [6.45, 7) is -0.281. The predicted molar refractivity (Wildman–Crippen MR) is 100 cm³/mol. The van der Waals surface area contributed by atoms with E-state index in [9.17, 15) is 14.4 Å². The Balaban J connectivity index is 1.43. The molecule has 0 saturated carbocycles. The Morgan fingerprint density at radius 2 is 1.93 bits per heavy atom. The molecule has 0 spiro atoms. The Labute approximate surface area is 165 Å². The van der Waals surface area contributed by atoms with Gasteiger partial charge in [0.25, 0.3) is 5.91 Å². The standard InChI is InChI=1S/C19H18N4O6/c1-27-14-5-3-13(4-6-14)21-19(26)22-17(24)12-28-18(25)16-8-7-15(29-16)11-23-10-2-9-20-23/h2-10H,11-12H2,1H3,(H2,21,22,24,26). The molecule has 0 aliphatic heterocycles. The fourth-order valence-electron chi connectivity index (χ4n) is 2.33. The molecule has 0 fully saturated rings. The van der Waals surface area contributed by atoms with Crippen molar-refractivity contribution in [2.45, 2.75) is 6.54 Å². The number of imide groups is 1. The van der Waals surface area contributed by atoms with Crippen molar-refractivity contribution >= 4 is 23.6 Å². The zero-order chi connectivity index (χ0) is 20.6. The topological polar surface area (TPSA) is 125 Å². The maximum atomic E-state index is 12.0. The fourth-order valence-corrected chi connectivity index (χ4v) is 2.33. The third-order valence-electron chi connectivity index (χ3n) is 3.68. The van der Waals surface area contributed by atoms with Crippen molar-refractivity contribution in [1.29, 1.82) is 0 Å². The molecule has 2 N–H and O–H groups in total. The summed E-state index contributed by atoms with van der Waals surface area (Å²) in [5.41, 5.74) is 0.466. The molecule has 0 saturated heterocycles. The second-order valence-electron chi connectivity index (χ2n) is 5.78. The Hall–Kier alpha value is -4.08. The summed E-state index contributed by atoms with van der Waals surface area (Å²) < 4.78 is 16.9. The van der Waals surface area contributed by atoms with E-state index in [0.29, 0.717) is 23.7 Å². The van der Waals surface area contributed by atoms with Crippen LogP contribution in [0.1, 0.15) is 16.3 Å². The summed E-state index contributed by atoms with van der Waals surface area (Å²) in [5.74, 6) is -0.522. The first-order chi connectivity index (χ1) is 14.0. The maximum absolute atomic E-state index is 12.0. The number of hydrogen-bond acceptors (Lipinski definition) is 7. The molecule has 0 atom stereocenters. The average molecular weight is 398 g/mol. The average Bonchev–Trinajstić information content (AvgIpc) is 3.39. The van der Waals surface area contributed by atoms with E-state index in [1.807, 2.05) is 0 Å². The fraction of sp³-hybridized carbons (Fsp3) is 0.158. The molecule has 1 aromatic carbocycles. The second kappa shape index (κ2) is 9.22. The van der Waals surface area contributed by atoms with Crippen molar-refractivity contribution in [1.82, 2.24) is 15.1 Å². The summed E-state index contributed by atoms with van der Waals surface area (Å²) in [5, 5.41) is 8.57. The molecule has 10 nitrogen and oxygen atoms in total. The van der Waals surface area contributed by atoms with Gasteiger partial charge < -0.3 is 19.2 Å². The number of urea groups is 1. The smallest absolute Gasteiger partial charge is 0.374 e. The highest BCUT2D eigenvalue weighted by molar-refractivity contribution is 6.02. The number of nitrogens with zero attached hydrogens (tertiary/aromatic N) is 2. The highest BCUT2D eigenvalue weighted by Crippen LogP contribution is 2.14. The van der Waals surface area contributed by atoms with Crippen molar-refractivity contribution < 1.29 is 28.3 Å². The minimum atomic E-state index is -0.817. The number of anilines is 1. The van der Waals surface area contributed by atoms with Crippen molar-refractivity contribution in [2.24, 2.45) is 0 Å². The van der Waals surface area contributed by atoms with Crippen LogP contribution in [-0.2, 0) is 16.1 Å². The SMILES string of the molecule is COc1ccc(NC(=O)NC(=O)COC(=O)c2ccc(Cn3cccn3)o2)cc1. The third kappa shape index (κ3) is 5.70. The molecule has 2 aromatic heterocycles. The third-order valence-corrected chi connectivity index (χ3v) is 3.68. The highest BCUT2D eigenvalue weighted by atomic mass is 16.5. The molecule has 29 heavy (non-hydrogen) atoms. The molecule has 2 heterocycles. The largest absolute Gasteiger partial charge is 0.497 e. The molecular weight excluding hydrogens is 380 g/mol. The first kappa shape index (κ1) is 19.7. The summed E-state index contributed by atoms with van der Waals surface area (Å²) >= 11 is 0. The van der Waals surface area contributed by atoms with Crippen LogP contribution in [0.25, 0.3) is 0 Å². The molecular formula is C19H18N4O6. The Bertz CT molecular complexity index is 979. The Kier molecular flexibility index (Phi) is 6.25. The van der Waals surface area contributed by atoms with Gasteiger partial charge >= 0.3 is 12.0 Å². The van der Waals surface area contributed by atoms with Crippen LogP contribution in [0.4, 0.5) is 10.5 Å². The molecule has 0 radical (unpaired) electrons. The zero-order valence-corrected chi connectivity index (χ0v) is 15.5. The molecule has 150 valence electrons. The number of nitrogens with one attached hydrogen (secondary N) is 2. The van der Waals surface area contributed by atoms with Gasteiger partial charge in [0, 0.05) is 18.1 Å².